The maximum absolute atomic E-state index is 9.40. The summed E-state index contributed by atoms with van der Waals surface area (Å²) in [7, 11) is 0. The summed E-state index contributed by atoms with van der Waals surface area (Å²) >= 11 is 5.59. The summed E-state index contributed by atoms with van der Waals surface area (Å²) in [5.41, 5.74) is 2.22. The van der Waals surface area contributed by atoms with Gasteiger partial charge in [0.15, 0.2) is 0 Å². The molecule has 4 heteroatoms. The molecule has 0 atom stereocenters. The van der Waals surface area contributed by atoms with E-state index in [2.05, 4.69) is 56.0 Å². The molecule has 2 N–H and O–H groups in total. The van der Waals surface area contributed by atoms with Crippen LogP contribution in [0.4, 0.5) is 5.69 Å². The first kappa shape index (κ1) is 12.7. The second kappa shape index (κ2) is 5.73. The van der Waals surface area contributed by atoms with E-state index in [9.17, 15) is 5.11 Å². The first-order valence-electron chi connectivity index (χ1n) is 5.12. The number of nitrogens with one attached hydrogen (secondary N) is 1. The molecule has 0 saturated heterocycles. The lowest BCUT2D eigenvalue weighted by molar-refractivity contribution is 0.471. The first-order chi connectivity index (χ1) is 8.15. The molecule has 2 aromatic carbocycles. The van der Waals surface area contributed by atoms with Crippen LogP contribution in [-0.4, -0.2) is 5.11 Å². The molecule has 0 saturated carbocycles. The molecule has 0 heterocycles. The molecule has 0 aromatic heterocycles. The van der Waals surface area contributed by atoms with Crippen LogP contribution in [0.15, 0.2) is 46.9 Å². The molecule has 0 aliphatic carbocycles. The smallest absolute Gasteiger partial charge is 0.129 e. The molecule has 17 heavy (non-hydrogen) atoms. The quantitative estimate of drug-likeness (QED) is 0.745. The van der Waals surface area contributed by atoms with Gasteiger partial charge in [-0.1, -0.05) is 12.1 Å². The van der Waals surface area contributed by atoms with E-state index >= 15 is 0 Å². The van der Waals surface area contributed by atoms with Gasteiger partial charge in [0.2, 0.25) is 0 Å². The van der Waals surface area contributed by atoms with Crippen LogP contribution in [0.25, 0.3) is 0 Å². The van der Waals surface area contributed by atoms with E-state index < -0.39 is 0 Å². The average Bonchev–Trinajstić information content (AvgIpc) is 2.31. The number of phenols is 1. The lowest BCUT2D eigenvalue weighted by Crippen LogP contribution is -1.99. The monoisotopic (exact) mass is 403 g/mol. The lowest BCUT2D eigenvalue weighted by Gasteiger charge is -2.07. The standard InChI is InChI=1S/C13H11BrINO/c14-12-6-9(4-5-13(12)17)8-16-11-3-1-2-10(15)7-11/h1-7,16-17H,8H2. The van der Waals surface area contributed by atoms with Crippen LogP contribution in [0, 0.1) is 3.57 Å². The van der Waals surface area contributed by atoms with Gasteiger partial charge in [-0.15, -0.1) is 0 Å². The number of halogens is 2. The lowest BCUT2D eigenvalue weighted by atomic mass is 10.2. The molecule has 0 unspecified atom stereocenters. The summed E-state index contributed by atoms with van der Waals surface area (Å²) in [6, 6.07) is 13.7. The van der Waals surface area contributed by atoms with E-state index in [0.717, 1.165) is 22.3 Å². The highest BCUT2D eigenvalue weighted by atomic mass is 127. The van der Waals surface area contributed by atoms with E-state index in [1.54, 1.807) is 6.07 Å². The van der Waals surface area contributed by atoms with Gasteiger partial charge in [-0.25, -0.2) is 0 Å². The minimum atomic E-state index is 0.267. The van der Waals surface area contributed by atoms with E-state index in [1.807, 2.05) is 24.3 Å². The molecular weight excluding hydrogens is 393 g/mol. The SMILES string of the molecule is Oc1ccc(CNc2cccc(I)c2)cc1Br. The molecule has 0 fully saturated rings. The summed E-state index contributed by atoms with van der Waals surface area (Å²) in [4.78, 5) is 0. The summed E-state index contributed by atoms with van der Waals surface area (Å²) in [5, 5.41) is 12.7. The summed E-state index contributed by atoms with van der Waals surface area (Å²) < 4.78 is 1.93. The Morgan fingerprint density at radius 1 is 1.18 bits per heavy atom. The third-order valence-electron chi connectivity index (χ3n) is 2.33. The number of phenolic OH excluding ortho intramolecular Hbond substituents is 1. The van der Waals surface area contributed by atoms with Gasteiger partial charge in [0.05, 0.1) is 4.47 Å². The van der Waals surface area contributed by atoms with E-state index in [0.29, 0.717) is 0 Å². The Morgan fingerprint density at radius 3 is 2.71 bits per heavy atom. The maximum atomic E-state index is 9.40. The van der Waals surface area contributed by atoms with Crippen LogP contribution in [0.3, 0.4) is 0 Å². The summed E-state index contributed by atoms with van der Waals surface area (Å²) in [6.45, 7) is 0.735. The molecule has 2 nitrogen and oxygen atoms in total. The zero-order valence-corrected chi connectivity index (χ0v) is 12.7. The minimum absolute atomic E-state index is 0.267. The maximum Gasteiger partial charge on any atom is 0.129 e. The van der Waals surface area contributed by atoms with Crippen molar-refractivity contribution in [2.45, 2.75) is 6.54 Å². The normalized spacial score (nSPS) is 10.2. The van der Waals surface area contributed by atoms with Crippen LogP contribution < -0.4 is 5.32 Å². The van der Waals surface area contributed by atoms with Crippen LogP contribution >= 0.6 is 38.5 Å². The van der Waals surface area contributed by atoms with Gasteiger partial charge in [-0.2, -0.15) is 0 Å². The van der Waals surface area contributed by atoms with E-state index in [4.69, 9.17) is 0 Å². The predicted molar refractivity (Wildman–Crippen MR) is 82.3 cm³/mol. The Bertz CT molecular complexity index is 531. The molecule has 0 bridgehead atoms. The number of rotatable bonds is 3. The van der Waals surface area contributed by atoms with Gasteiger partial charge >= 0.3 is 0 Å². The van der Waals surface area contributed by atoms with Gasteiger partial charge in [0, 0.05) is 15.8 Å². The molecule has 0 amide bonds. The topological polar surface area (TPSA) is 32.3 Å². The highest BCUT2D eigenvalue weighted by molar-refractivity contribution is 14.1. The molecule has 0 spiro atoms. The van der Waals surface area contributed by atoms with E-state index in [-0.39, 0.29) is 5.75 Å². The number of benzene rings is 2. The van der Waals surface area contributed by atoms with E-state index in [1.165, 1.54) is 3.57 Å². The fraction of sp³-hybridized carbons (Fsp3) is 0.0769. The van der Waals surface area contributed by atoms with Crippen molar-refractivity contribution in [1.82, 2.24) is 0 Å². The van der Waals surface area contributed by atoms with Crippen molar-refractivity contribution in [3.05, 3.63) is 56.1 Å². The average molecular weight is 404 g/mol. The second-order valence-corrected chi connectivity index (χ2v) is 5.75. The number of hydrogen-bond donors (Lipinski definition) is 2. The van der Waals surface area contributed by atoms with Gasteiger partial charge < -0.3 is 10.4 Å². The Hall–Kier alpha value is -0.750. The van der Waals surface area contributed by atoms with Crippen molar-refractivity contribution in [3.8, 4) is 5.75 Å². The van der Waals surface area contributed by atoms with Crippen molar-refractivity contribution in [3.63, 3.8) is 0 Å². The first-order valence-corrected chi connectivity index (χ1v) is 6.99. The Labute approximate surface area is 122 Å². The Morgan fingerprint density at radius 2 is 2.00 bits per heavy atom. The number of aromatic hydroxyl groups is 1. The molecule has 0 aliphatic heterocycles. The van der Waals surface area contributed by atoms with Crippen molar-refractivity contribution < 1.29 is 5.11 Å². The van der Waals surface area contributed by atoms with Gasteiger partial charge in [0.25, 0.3) is 0 Å². The third-order valence-corrected chi connectivity index (χ3v) is 3.64. The van der Waals surface area contributed by atoms with Crippen molar-refractivity contribution in [2.24, 2.45) is 0 Å². The number of anilines is 1. The molecule has 0 radical (unpaired) electrons. The Balaban J connectivity index is 2.05. The summed E-state index contributed by atoms with van der Waals surface area (Å²) in [6.07, 6.45) is 0. The largest absolute Gasteiger partial charge is 0.507 e. The van der Waals surface area contributed by atoms with Crippen LogP contribution in [0.2, 0.25) is 0 Å². The zero-order valence-electron chi connectivity index (χ0n) is 8.95. The van der Waals surface area contributed by atoms with Crippen LogP contribution in [-0.2, 0) is 6.54 Å². The highest BCUT2D eigenvalue weighted by Crippen LogP contribution is 2.24. The van der Waals surface area contributed by atoms with Crippen molar-refractivity contribution >= 4 is 44.2 Å². The highest BCUT2D eigenvalue weighted by Gasteiger charge is 2.00. The molecule has 88 valence electrons. The van der Waals surface area contributed by atoms with Gasteiger partial charge in [0.1, 0.15) is 5.75 Å². The van der Waals surface area contributed by atoms with Crippen LogP contribution in [0.1, 0.15) is 5.56 Å². The fourth-order valence-electron chi connectivity index (χ4n) is 1.46. The van der Waals surface area contributed by atoms with Crippen molar-refractivity contribution in [2.75, 3.05) is 5.32 Å². The summed E-state index contributed by atoms with van der Waals surface area (Å²) in [5.74, 6) is 0.267. The molecule has 0 aliphatic rings. The molecule has 2 aromatic rings. The zero-order chi connectivity index (χ0) is 12.3. The van der Waals surface area contributed by atoms with Crippen molar-refractivity contribution in [1.29, 1.82) is 0 Å². The van der Waals surface area contributed by atoms with Gasteiger partial charge in [-0.05, 0) is 74.4 Å². The number of hydrogen-bond acceptors (Lipinski definition) is 2. The Kier molecular flexibility index (Phi) is 4.28. The third kappa shape index (κ3) is 3.61. The molecule has 2 rings (SSSR count). The minimum Gasteiger partial charge on any atom is -0.507 e. The predicted octanol–water partition coefficient (Wildman–Crippen LogP) is 4.37. The van der Waals surface area contributed by atoms with Gasteiger partial charge in [-0.3, -0.25) is 0 Å². The van der Waals surface area contributed by atoms with Crippen LogP contribution in [0.5, 0.6) is 5.75 Å². The molecular formula is C13H11BrINO. The second-order valence-electron chi connectivity index (χ2n) is 3.65. The fourth-order valence-corrected chi connectivity index (χ4v) is 2.43.